The summed E-state index contributed by atoms with van der Waals surface area (Å²) >= 11 is 0. The van der Waals surface area contributed by atoms with Crippen molar-refractivity contribution < 1.29 is 19.1 Å². The molecule has 0 saturated carbocycles. The maximum absolute atomic E-state index is 11.9. The number of nitrogens with zero attached hydrogens (tertiary/aromatic N) is 3. The molecule has 0 fully saturated rings. The molecular weight excluding hydrogens is 418 g/mol. The van der Waals surface area contributed by atoms with Crippen molar-refractivity contribution in [2.24, 2.45) is 0 Å². The molecule has 0 aliphatic carbocycles. The molecular formula is C26H25N3O4. The summed E-state index contributed by atoms with van der Waals surface area (Å²) in [5.41, 5.74) is 7.89. The van der Waals surface area contributed by atoms with Gasteiger partial charge in [0.15, 0.2) is 0 Å². The fraction of sp³-hybridized carbons (Fsp3) is 0.346. The highest BCUT2D eigenvalue weighted by molar-refractivity contribution is 5.94. The lowest BCUT2D eigenvalue weighted by Gasteiger charge is -2.27. The standard InChI is InChI=1S/C26H25N3O4/c1-16-17(2-5-21-22(16)15-33-26(21)31)6-8-28-9-10-29-13-23(27-24(29)14-28)19-3-4-20-18(12-19)7-11-32-25(20)30/h2-5,12-13H,6-11,14-15H2,1H3. The van der Waals surface area contributed by atoms with Crippen molar-refractivity contribution >= 4 is 11.9 Å². The monoisotopic (exact) mass is 443 g/mol. The van der Waals surface area contributed by atoms with Gasteiger partial charge in [-0.25, -0.2) is 14.6 Å². The molecule has 3 aliphatic heterocycles. The van der Waals surface area contributed by atoms with E-state index in [1.54, 1.807) is 0 Å². The molecule has 1 aromatic heterocycles. The summed E-state index contributed by atoms with van der Waals surface area (Å²) in [6.07, 6.45) is 3.80. The maximum atomic E-state index is 11.9. The van der Waals surface area contributed by atoms with Gasteiger partial charge in [0.1, 0.15) is 12.4 Å². The van der Waals surface area contributed by atoms with E-state index >= 15 is 0 Å². The van der Waals surface area contributed by atoms with Gasteiger partial charge in [-0.2, -0.15) is 0 Å². The molecule has 2 aromatic carbocycles. The highest BCUT2D eigenvalue weighted by Crippen LogP contribution is 2.28. The Balaban J connectivity index is 1.16. The van der Waals surface area contributed by atoms with Crippen LogP contribution < -0.4 is 0 Å². The van der Waals surface area contributed by atoms with E-state index in [0.29, 0.717) is 24.3 Å². The number of fused-ring (bicyclic) bond motifs is 3. The van der Waals surface area contributed by atoms with Crippen molar-refractivity contribution in [2.45, 2.75) is 39.5 Å². The Labute approximate surface area is 191 Å². The molecule has 0 saturated heterocycles. The number of rotatable bonds is 4. The van der Waals surface area contributed by atoms with E-state index in [9.17, 15) is 9.59 Å². The predicted molar refractivity (Wildman–Crippen MR) is 121 cm³/mol. The van der Waals surface area contributed by atoms with Gasteiger partial charge in [-0.05, 0) is 48.2 Å². The molecule has 3 aliphatic rings. The number of aromatic nitrogens is 2. The Bertz CT molecular complexity index is 1290. The van der Waals surface area contributed by atoms with E-state index in [1.807, 2.05) is 18.2 Å². The lowest BCUT2D eigenvalue weighted by Crippen LogP contribution is -2.35. The van der Waals surface area contributed by atoms with Crippen LogP contribution in [0.2, 0.25) is 0 Å². The highest BCUT2D eigenvalue weighted by atomic mass is 16.5. The highest BCUT2D eigenvalue weighted by Gasteiger charge is 2.25. The molecule has 0 bridgehead atoms. The molecule has 0 amide bonds. The fourth-order valence-corrected chi connectivity index (χ4v) is 5.07. The summed E-state index contributed by atoms with van der Waals surface area (Å²) in [7, 11) is 0. The molecule has 33 heavy (non-hydrogen) atoms. The predicted octanol–water partition coefficient (Wildman–Crippen LogP) is 3.30. The van der Waals surface area contributed by atoms with Crippen LogP contribution in [-0.4, -0.2) is 46.1 Å². The van der Waals surface area contributed by atoms with Gasteiger partial charge >= 0.3 is 11.9 Å². The molecule has 0 atom stereocenters. The van der Waals surface area contributed by atoms with Crippen molar-refractivity contribution in [3.8, 4) is 11.3 Å². The molecule has 7 nitrogen and oxygen atoms in total. The first-order valence-corrected chi connectivity index (χ1v) is 11.4. The van der Waals surface area contributed by atoms with Gasteiger partial charge in [-0.15, -0.1) is 0 Å². The second kappa shape index (κ2) is 7.85. The van der Waals surface area contributed by atoms with E-state index in [0.717, 1.165) is 67.2 Å². The van der Waals surface area contributed by atoms with Crippen LogP contribution >= 0.6 is 0 Å². The molecule has 0 spiro atoms. The first kappa shape index (κ1) is 20.2. The summed E-state index contributed by atoms with van der Waals surface area (Å²) in [4.78, 5) is 31.0. The molecule has 3 aromatic rings. The Kier molecular flexibility index (Phi) is 4.80. The van der Waals surface area contributed by atoms with Gasteiger partial charge in [0.05, 0.1) is 30.0 Å². The number of carbonyl (C=O) groups excluding carboxylic acids is 2. The molecule has 6 rings (SSSR count). The Hall–Kier alpha value is -3.45. The first-order valence-electron chi connectivity index (χ1n) is 11.4. The Morgan fingerprint density at radius 3 is 2.79 bits per heavy atom. The number of benzene rings is 2. The third-order valence-corrected chi connectivity index (χ3v) is 7.08. The second-order valence-electron chi connectivity index (χ2n) is 8.97. The van der Waals surface area contributed by atoms with E-state index in [4.69, 9.17) is 14.5 Å². The topological polar surface area (TPSA) is 73.7 Å². The van der Waals surface area contributed by atoms with Crippen LogP contribution in [0.4, 0.5) is 0 Å². The normalized spacial score (nSPS) is 17.2. The van der Waals surface area contributed by atoms with Crippen LogP contribution in [0.3, 0.4) is 0 Å². The minimum Gasteiger partial charge on any atom is -0.462 e. The van der Waals surface area contributed by atoms with Gasteiger partial charge in [0.25, 0.3) is 0 Å². The molecule has 0 radical (unpaired) electrons. The number of imidazole rings is 1. The summed E-state index contributed by atoms with van der Waals surface area (Å²) in [5.74, 6) is 0.621. The van der Waals surface area contributed by atoms with Crippen LogP contribution in [-0.2, 0) is 42.0 Å². The second-order valence-corrected chi connectivity index (χ2v) is 8.97. The fourth-order valence-electron chi connectivity index (χ4n) is 5.07. The Morgan fingerprint density at radius 2 is 1.88 bits per heavy atom. The minimum atomic E-state index is -0.236. The largest absolute Gasteiger partial charge is 0.462 e. The van der Waals surface area contributed by atoms with E-state index < -0.39 is 0 Å². The summed E-state index contributed by atoms with van der Waals surface area (Å²) in [6, 6.07) is 9.86. The third kappa shape index (κ3) is 3.53. The first-order chi connectivity index (χ1) is 16.1. The number of esters is 2. The van der Waals surface area contributed by atoms with Gasteiger partial charge in [-0.3, -0.25) is 4.90 Å². The maximum Gasteiger partial charge on any atom is 0.338 e. The number of ether oxygens (including phenoxy) is 2. The number of cyclic esters (lactones) is 2. The molecule has 0 unspecified atom stereocenters. The van der Waals surface area contributed by atoms with Crippen molar-refractivity contribution in [1.82, 2.24) is 14.5 Å². The zero-order chi connectivity index (χ0) is 22.5. The number of hydrogen-bond acceptors (Lipinski definition) is 6. The van der Waals surface area contributed by atoms with Crippen molar-refractivity contribution in [2.75, 3.05) is 19.7 Å². The van der Waals surface area contributed by atoms with Crippen LogP contribution in [0.1, 0.15) is 48.8 Å². The number of hydrogen-bond donors (Lipinski definition) is 0. The van der Waals surface area contributed by atoms with E-state index in [1.165, 1.54) is 11.1 Å². The summed E-state index contributed by atoms with van der Waals surface area (Å²) < 4.78 is 12.6. The molecule has 0 N–H and O–H groups in total. The third-order valence-electron chi connectivity index (χ3n) is 7.08. The van der Waals surface area contributed by atoms with Crippen LogP contribution in [0.5, 0.6) is 0 Å². The van der Waals surface area contributed by atoms with Crippen LogP contribution in [0, 0.1) is 6.92 Å². The molecule has 168 valence electrons. The van der Waals surface area contributed by atoms with Crippen LogP contribution in [0.15, 0.2) is 36.5 Å². The average Bonchev–Trinajstić information content (AvgIpc) is 3.42. The average molecular weight is 444 g/mol. The van der Waals surface area contributed by atoms with Crippen molar-refractivity contribution in [1.29, 1.82) is 0 Å². The lowest BCUT2D eigenvalue weighted by molar-refractivity contribution is 0.0479. The number of carbonyl (C=O) groups is 2. The minimum absolute atomic E-state index is 0.211. The summed E-state index contributed by atoms with van der Waals surface area (Å²) in [6.45, 7) is 6.55. The van der Waals surface area contributed by atoms with Crippen molar-refractivity contribution in [3.05, 3.63) is 75.7 Å². The van der Waals surface area contributed by atoms with Gasteiger partial charge < -0.3 is 14.0 Å². The zero-order valence-electron chi connectivity index (χ0n) is 18.6. The Morgan fingerprint density at radius 1 is 1.03 bits per heavy atom. The quantitative estimate of drug-likeness (QED) is 0.576. The smallest absolute Gasteiger partial charge is 0.338 e. The van der Waals surface area contributed by atoms with Crippen molar-refractivity contribution in [3.63, 3.8) is 0 Å². The SMILES string of the molecule is Cc1c(CCN2CCn3cc(-c4ccc5c(c4)CCOC5=O)nc3C2)ccc2c1COC2=O. The molecule has 7 heteroatoms. The zero-order valence-corrected chi connectivity index (χ0v) is 18.6. The van der Waals surface area contributed by atoms with Gasteiger partial charge in [0.2, 0.25) is 0 Å². The van der Waals surface area contributed by atoms with E-state index in [2.05, 4.69) is 34.7 Å². The van der Waals surface area contributed by atoms with E-state index in [-0.39, 0.29) is 11.9 Å². The summed E-state index contributed by atoms with van der Waals surface area (Å²) in [5, 5.41) is 0. The van der Waals surface area contributed by atoms with Gasteiger partial charge in [-0.1, -0.05) is 12.1 Å². The molecule has 4 heterocycles. The van der Waals surface area contributed by atoms with Crippen LogP contribution in [0.25, 0.3) is 11.3 Å². The van der Waals surface area contributed by atoms with Gasteiger partial charge in [0, 0.05) is 43.4 Å². The lowest BCUT2D eigenvalue weighted by atomic mass is 9.96.